The van der Waals surface area contributed by atoms with Gasteiger partial charge in [-0.05, 0) is 37.1 Å². The number of ketones is 1. The van der Waals surface area contributed by atoms with Gasteiger partial charge in [0.15, 0.2) is 12.2 Å². The van der Waals surface area contributed by atoms with Crippen molar-refractivity contribution in [1.29, 1.82) is 0 Å². The van der Waals surface area contributed by atoms with Crippen LogP contribution in [0, 0.1) is 5.41 Å². The van der Waals surface area contributed by atoms with Crippen molar-refractivity contribution in [3.05, 3.63) is 29.3 Å². The third kappa shape index (κ3) is 12.9. The lowest BCUT2D eigenvalue weighted by atomic mass is 9.88. The van der Waals surface area contributed by atoms with Crippen LogP contribution in [0.15, 0.2) is 29.3 Å². The Morgan fingerprint density at radius 3 is 2.35 bits per heavy atom. The minimum absolute atomic E-state index is 0.0652. The van der Waals surface area contributed by atoms with Gasteiger partial charge in [-0.15, -0.1) is 0 Å². The number of nitrogens with zero attached hydrogens (tertiary/aromatic N) is 1. The van der Waals surface area contributed by atoms with Crippen molar-refractivity contribution in [2.45, 2.75) is 65.6 Å². The fourth-order valence-corrected chi connectivity index (χ4v) is 2.80. The maximum Gasteiger partial charge on any atom is 0.220 e. The van der Waals surface area contributed by atoms with E-state index in [2.05, 4.69) is 20.9 Å². The van der Waals surface area contributed by atoms with Crippen molar-refractivity contribution in [1.82, 2.24) is 10.6 Å². The molecule has 8 nitrogen and oxygen atoms in total. The lowest BCUT2D eigenvalue weighted by molar-refractivity contribution is -0.129. The molecule has 0 fully saturated rings. The summed E-state index contributed by atoms with van der Waals surface area (Å²) in [5, 5.41) is 9.46. The summed E-state index contributed by atoms with van der Waals surface area (Å²) in [4.78, 5) is 27.9. The number of unbranched alkanes of at least 4 members (excludes halogenated alkanes) is 3. The average Bonchev–Trinajstić information content (AvgIpc) is 2.69. The number of Topliss-reactive ketones (excluding diaryl/α,β-unsaturated/α-hetero) is 1. The minimum atomic E-state index is -0.563. The number of carbonyl (C=O) groups is 2. The zero-order valence-electron chi connectivity index (χ0n) is 18.8. The number of rotatable bonds is 13. The first-order chi connectivity index (χ1) is 14.6. The lowest BCUT2D eigenvalue weighted by Gasteiger charge is -2.17. The number of benzene rings is 1. The minimum Gasteiger partial charge on any atom is -0.370 e. The van der Waals surface area contributed by atoms with E-state index in [1.54, 1.807) is 12.1 Å². The average molecular weight is 453 g/mol. The Bertz CT molecular complexity index is 716. The molecule has 1 aromatic carbocycles. The van der Waals surface area contributed by atoms with Crippen molar-refractivity contribution in [2.75, 3.05) is 18.4 Å². The van der Waals surface area contributed by atoms with E-state index in [4.69, 9.17) is 23.1 Å². The normalized spacial score (nSPS) is 12.9. The highest BCUT2D eigenvalue weighted by atomic mass is 35.5. The summed E-state index contributed by atoms with van der Waals surface area (Å²) in [6.45, 7) is 6.84. The zero-order chi connectivity index (χ0) is 23.3. The second-order valence-corrected chi connectivity index (χ2v) is 8.91. The molecule has 0 saturated carbocycles. The van der Waals surface area contributed by atoms with Gasteiger partial charge in [0.1, 0.15) is 5.78 Å². The molecule has 0 spiro atoms. The molecule has 1 rings (SSSR count). The Balaban J connectivity index is 2.06. The number of nitrogens with one attached hydrogen (secondary N) is 3. The van der Waals surface area contributed by atoms with Crippen LogP contribution in [0.2, 0.25) is 5.02 Å². The fourth-order valence-electron chi connectivity index (χ4n) is 2.67. The molecule has 1 aromatic rings. The predicted octanol–water partition coefficient (Wildman–Crippen LogP) is 2.97. The van der Waals surface area contributed by atoms with E-state index in [0.717, 1.165) is 31.4 Å². The van der Waals surface area contributed by atoms with Crippen molar-refractivity contribution >= 4 is 34.9 Å². The van der Waals surface area contributed by atoms with Crippen LogP contribution in [0.1, 0.15) is 59.3 Å². The number of amides is 1. The van der Waals surface area contributed by atoms with Crippen LogP contribution in [0.4, 0.5) is 5.69 Å². The molecule has 0 heterocycles. The Labute approximate surface area is 190 Å². The zero-order valence-corrected chi connectivity index (χ0v) is 19.6. The van der Waals surface area contributed by atoms with Gasteiger partial charge in [0.25, 0.3) is 0 Å². The Kier molecular flexibility index (Phi) is 12.0. The van der Waals surface area contributed by atoms with Gasteiger partial charge in [-0.1, -0.05) is 45.2 Å². The summed E-state index contributed by atoms with van der Waals surface area (Å²) in [7, 11) is 0. The molecule has 7 N–H and O–H groups in total. The molecule has 0 radical (unpaired) electrons. The van der Waals surface area contributed by atoms with Gasteiger partial charge in [-0.2, -0.15) is 0 Å². The van der Waals surface area contributed by atoms with Gasteiger partial charge in [0.2, 0.25) is 5.91 Å². The number of guanidine groups is 1. The van der Waals surface area contributed by atoms with Gasteiger partial charge >= 0.3 is 0 Å². The summed E-state index contributed by atoms with van der Waals surface area (Å²) in [6.07, 6.45) is 3.76. The largest absolute Gasteiger partial charge is 0.370 e. The fraction of sp³-hybridized carbons (Fsp3) is 0.591. The number of halogens is 1. The second kappa shape index (κ2) is 13.9. The van der Waals surface area contributed by atoms with Crippen molar-refractivity contribution < 1.29 is 9.59 Å². The highest BCUT2D eigenvalue weighted by molar-refractivity contribution is 6.30. The van der Waals surface area contributed by atoms with Gasteiger partial charge in [-0.25, -0.2) is 0 Å². The van der Waals surface area contributed by atoms with E-state index in [0.29, 0.717) is 24.5 Å². The SMILES string of the molecule is CC(C)(C)C(=O)CCC(=O)NCCCCCCN=C(N)NC(N)Nc1ccc(Cl)cc1. The molecule has 0 bridgehead atoms. The number of hydrogen-bond acceptors (Lipinski definition) is 5. The molecule has 31 heavy (non-hydrogen) atoms. The Morgan fingerprint density at radius 1 is 1.06 bits per heavy atom. The highest BCUT2D eigenvalue weighted by Gasteiger charge is 2.21. The third-order valence-electron chi connectivity index (χ3n) is 4.57. The van der Waals surface area contributed by atoms with Crippen molar-refractivity contribution in [3.8, 4) is 0 Å². The van der Waals surface area contributed by atoms with Crippen LogP contribution in [-0.4, -0.2) is 37.0 Å². The topological polar surface area (TPSA) is 135 Å². The summed E-state index contributed by atoms with van der Waals surface area (Å²) >= 11 is 5.85. The van der Waals surface area contributed by atoms with Crippen molar-refractivity contribution in [3.63, 3.8) is 0 Å². The number of anilines is 1. The quantitative estimate of drug-likeness (QED) is 0.135. The van der Waals surface area contributed by atoms with Gasteiger partial charge in [0.05, 0.1) is 0 Å². The van der Waals surface area contributed by atoms with Crippen LogP contribution >= 0.6 is 11.6 Å². The van der Waals surface area contributed by atoms with Crippen LogP contribution in [0.3, 0.4) is 0 Å². The summed E-state index contributed by atoms with van der Waals surface area (Å²) in [5.41, 5.74) is 12.2. The number of aliphatic imine (C=N–C) groups is 1. The van der Waals surface area contributed by atoms with E-state index in [1.165, 1.54) is 0 Å². The first-order valence-corrected chi connectivity index (χ1v) is 11.1. The molecule has 1 unspecified atom stereocenters. The molecule has 0 aliphatic heterocycles. The smallest absolute Gasteiger partial charge is 0.220 e. The number of hydrogen-bond donors (Lipinski definition) is 5. The predicted molar refractivity (Wildman–Crippen MR) is 128 cm³/mol. The van der Waals surface area contributed by atoms with E-state index in [9.17, 15) is 9.59 Å². The molecule has 174 valence electrons. The molecule has 0 aliphatic rings. The molecule has 1 atom stereocenters. The lowest BCUT2D eigenvalue weighted by Crippen LogP contribution is -2.50. The monoisotopic (exact) mass is 452 g/mol. The van der Waals surface area contributed by atoms with Gasteiger partial charge < -0.3 is 21.7 Å². The maximum absolute atomic E-state index is 11.8. The molecule has 9 heteroatoms. The second-order valence-electron chi connectivity index (χ2n) is 8.48. The van der Waals surface area contributed by atoms with E-state index >= 15 is 0 Å². The molecule has 0 aliphatic carbocycles. The Hall–Kier alpha value is -2.32. The first kappa shape index (κ1) is 26.7. The summed E-state index contributed by atoms with van der Waals surface area (Å²) < 4.78 is 0. The van der Waals surface area contributed by atoms with Crippen LogP contribution in [-0.2, 0) is 9.59 Å². The standard InChI is InChI=1S/C22H37ClN6O2/c1-22(2,3)18(30)12-13-19(31)26-14-6-4-5-7-15-27-20(24)29-21(25)28-17-10-8-16(23)9-11-17/h8-11,21,28H,4-7,12-15,25H2,1-3H3,(H,26,31)(H3,24,27,29). The molecular formula is C22H37ClN6O2. The van der Waals surface area contributed by atoms with Crippen molar-refractivity contribution in [2.24, 2.45) is 21.9 Å². The molecule has 0 saturated heterocycles. The number of nitrogens with two attached hydrogens (primary N) is 2. The van der Waals surface area contributed by atoms with E-state index in [-0.39, 0.29) is 29.5 Å². The molecular weight excluding hydrogens is 416 g/mol. The van der Waals surface area contributed by atoms with Crippen LogP contribution < -0.4 is 27.4 Å². The molecule has 0 aromatic heterocycles. The van der Waals surface area contributed by atoms with E-state index < -0.39 is 6.29 Å². The van der Waals surface area contributed by atoms with Crippen LogP contribution in [0.25, 0.3) is 0 Å². The Morgan fingerprint density at radius 2 is 1.71 bits per heavy atom. The summed E-state index contributed by atoms with van der Waals surface area (Å²) in [5.74, 6) is 0.328. The van der Waals surface area contributed by atoms with Gasteiger partial charge in [-0.3, -0.25) is 20.3 Å². The summed E-state index contributed by atoms with van der Waals surface area (Å²) in [6, 6.07) is 7.19. The van der Waals surface area contributed by atoms with E-state index in [1.807, 2.05) is 32.9 Å². The number of carbonyl (C=O) groups excluding carboxylic acids is 2. The highest BCUT2D eigenvalue weighted by Crippen LogP contribution is 2.17. The van der Waals surface area contributed by atoms with Gasteiger partial charge in [0, 0.05) is 42.1 Å². The van der Waals surface area contributed by atoms with Crippen LogP contribution in [0.5, 0.6) is 0 Å². The third-order valence-corrected chi connectivity index (χ3v) is 4.83. The molecule has 1 amide bonds. The maximum atomic E-state index is 11.8. The first-order valence-electron chi connectivity index (χ1n) is 10.7.